The van der Waals surface area contributed by atoms with Gasteiger partial charge in [-0.3, -0.25) is 0 Å². The summed E-state index contributed by atoms with van der Waals surface area (Å²) in [6, 6.07) is 2.88. The van der Waals surface area contributed by atoms with Crippen molar-refractivity contribution in [2.24, 2.45) is 5.92 Å². The van der Waals surface area contributed by atoms with Crippen molar-refractivity contribution in [3.8, 4) is 6.07 Å². The van der Waals surface area contributed by atoms with E-state index >= 15 is 0 Å². The van der Waals surface area contributed by atoms with Gasteiger partial charge in [0, 0.05) is 18.0 Å². The molecule has 68 valence electrons. The van der Waals surface area contributed by atoms with Crippen molar-refractivity contribution in [3.63, 3.8) is 0 Å². The fourth-order valence-corrected chi connectivity index (χ4v) is 1.71. The van der Waals surface area contributed by atoms with E-state index in [0.717, 1.165) is 19.3 Å². The Bertz CT molecular complexity index is 176. The molecule has 0 aromatic carbocycles. The van der Waals surface area contributed by atoms with Crippen LogP contribution >= 0.6 is 0 Å². The Morgan fingerprint density at radius 3 is 2.92 bits per heavy atom. The molecule has 0 aliphatic heterocycles. The second-order valence-electron chi connectivity index (χ2n) is 3.59. The lowest BCUT2D eigenvalue weighted by atomic mass is 10.1. The summed E-state index contributed by atoms with van der Waals surface area (Å²) < 4.78 is 0. The smallest absolute Gasteiger partial charge is 0.0656 e. The fourth-order valence-electron chi connectivity index (χ4n) is 1.71. The van der Waals surface area contributed by atoms with Gasteiger partial charge in [0.25, 0.3) is 0 Å². The Hall–Kier alpha value is -0.590. The van der Waals surface area contributed by atoms with E-state index in [1.54, 1.807) is 0 Å². The molecule has 0 radical (unpaired) electrons. The largest absolute Gasteiger partial charge is 0.395 e. The van der Waals surface area contributed by atoms with Crippen LogP contribution in [0.3, 0.4) is 0 Å². The van der Waals surface area contributed by atoms with E-state index in [1.165, 1.54) is 0 Å². The molecule has 3 nitrogen and oxygen atoms in total. The number of nitriles is 1. The van der Waals surface area contributed by atoms with Gasteiger partial charge >= 0.3 is 0 Å². The highest BCUT2D eigenvalue weighted by Crippen LogP contribution is 2.24. The van der Waals surface area contributed by atoms with Crippen molar-refractivity contribution in [2.45, 2.75) is 38.3 Å². The second-order valence-corrected chi connectivity index (χ2v) is 3.59. The predicted molar refractivity (Wildman–Crippen MR) is 46.4 cm³/mol. The molecule has 2 unspecified atom stereocenters. The molecule has 0 saturated heterocycles. The Balaban J connectivity index is 2.24. The number of aliphatic hydroxyl groups excluding tert-OH is 1. The van der Waals surface area contributed by atoms with E-state index in [2.05, 4.69) is 11.4 Å². The van der Waals surface area contributed by atoms with Crippen molar-refractivity contribution < 1.29 is 5.11 Å². The Morgan fingerprint density at radius 2 is 2.42 bits per heavy atom. The van der Waals surface area contributed by atoms with E-state index in [4.69, 9.17) is 10.4 Å². The van der Waals surface area contributed by atoms with Crippen molar-refractivity contribution in [1.29, 1.82) is 5.26 Å². The van der Waals surface area contributed by atoms with Gasteiger partial charge in [0.15, 0.2) is 0 Å². The highest BCUT2D eigenvalue weighted by molar-refractivity contribution is 4.93. The monoisotopic (exact) mass is 168 g/mol. The SMILES string of the molecule is C[C@@H](CO)NC1CCC(C#N)C1. The van der Waals surface area contributed by atoms with Gasteiger partial charge in [-0.2, -0.15) is 5.26 Å². The zero-order chi connectivity index (χ0) is 8.97. The van der Waals surface area contributed by atoms with Crippen molar-refractivity contribution >= 4 is 0 Å². The third-order valence-electron chi connectivity index (χ3n) is 2.41. The summed E-state index contributed by atoms with van der Waals surface area (Å²) in [5.41, 5.74) is 0. The van der Waals surface area contributed by atoms with Crippen LogP contribution in [-0.2, 0) is 0 Å². The van der Waals surface area contributed by atoms with Gasteiger partial charge in [0.2, 0.25) is 0 Å². The molecule has 3 heteroatoms. The lowest BCUT2D eigenvalue weighted by Crippen LogP contribution is -2.37. The molecule has 3 atom stereocenters. The fraction of sp³-hybridized carbons (Fsp3) is 0.889. The third-order valence-corrected chi connectivity index (χ3v) is 2.41. The summed E-state index contributed by atoms with van der Waals surface area (Å²) in [4.78, 5) is 0. The molecule has 0 spiro atoms. The lowest BCUT2D eigenvalue weighted by molar-refractivity contribution is 0.240. The van der Waals surface area contributed by atoms with Crippen molar-refractivity contribution in [3.05, 3.63) is 0 Å². The van der Waals surface area contributed by atoms with Crippen LogP contribution in [0.5, 0.6) is 0 Å². The minimum absolute atomic E-state index is 0.160. The maximum atomic E-state index is 8.79. The first-order chi connectivity index (χ1) is 5.76. The van der Waals surface area contributed by atoms with Gasteiger partial charge in [0.05, 0.1) is 12.7 Å². The summed E-state index contributed by atoms with van der Waals surface area (Å²) in [6.07, 6.45) is 3.02. The summed E-state index contributed by atoms with van der Waals surface area (Å²) >= 11 is 0. The van der Waals surface area contributed by atoms with Gasteiger partial charge in [-0.1, -0.05) is 0 Å². The van der Waals surface area contributed by atoms with Crippen LogP contribution in [0.1, 0.15) is 26.2 Å². The van der Waals surface area contributed by atoms with Gasteiger partial charge in [-0.05, 0) is 26.2 Å². The van der Waals surface area contributed by atoms with Gasteiger partial charge < -0.3 is 10.4 Å². The molecule has 1 saturated carbocycles. The first-order valence-corrected chi connectivity index (χ1v) is 4.52. The zero-order valence-electron chi connectivity index (χ0n) is 7.45. The highest BCUT2D eigenvalue weighted by Gasteiger charge is 2.24. The molecule has 1 fully saturated rings. The maximum absolute atomic E-state index is 8.79. The van der Waals surface area contributed by atoms with E-state index in [0.29, 0.717) is 6.04 Å². The van der Waals surface area contributed by atoms with E-state index in [1.807, 2.05) is 6.92 Å². The van der Waals surface area contributed by atoms with Crippen LogP contribution in [0, 0.1) is 17.2 Å². The quantitative estimate of drug-likeness (QED) is 0.650. The van der Waals surface area contributed by atoms with Gasteiger partial charge in [-0.25, -0.2) is 0 Å². The van der Waals surface area contributed by atoms with Crippen molar-refractivity contribution in [2.75, 3.05) is 6.61 Å². The molecule has 2 N–H and O–H groups in total. The normalized spacial score (nSPS) is 31.4. The van der Waals surface area contributed by atoms with Crippen molar-refractivity contribution in [1.82, 2.24) is 5.32 Å². The Labute approximate surface area is 73.4 Å². The molecule has 1 rings (SSSR count). The number of hydrogen-bond acceptors (Lipinski definition) is 3. The summed E-state index contributed by atoms with van der Waals surface area (Å²) in [5.74, 6) is 0.230. The van der Waals surface area contributed by atoms with Crippen LogP contribution in [0.4, 0.5) is 0 Å². The van der Waals surface area contributed by atoms with Crippen LogP contribution in [0.15, 0.2) is 0 Å². The average molecular weight is 168 g/mol. The van der Waals surface area contributed by atoms with Crippen LogP contribution in [-0.4, -0.2) is 23.8 Å². The van der Waals surface area contributed by atoms with Crippen LogP contribution in [0.25, 0.3) is 0 Å². The third kappa shape index (κ3) is 2.47. The first kappa shape index (κ1) is 9.50. The molecular formula is C9H16N2O. The molecule has 1 aliphatic rings. The molecule has 0 aromatic heterocycles. The topological polar surface area (TPSA) is 56.0 Å². The molecule has 0 bridgehead atoms. The standard InChI is InChI=1S/C9H16N2O/c1-7(6-12)11-9-3-2-8(4-9)5-10/h7-9,11-12H,2-4,6H2,1H3/t7-,8?,9?/m0/s1. The van der Waals surface area contributed by atoms with Gasteiger partial charge in [-0.15, -0.1) is 0 Å². The zero-order valence-corrected chi connectivity index (χ0v) is 7.45. The summed E-state index contributed by atoms with van der Waals surface area (Å²) in [7, 11) is 0. The Kier molecular flexibility index (Phi) is 3.51. The lowest BCUT2D eigenvalue weighted by Gasteiger charge is -2.16. The summed E-state index contributed by atoms with van der Waals surface area (Å²) in [5, 5.41) is 20.7. The molecule has 0 aromatic rings. The van der Waals surface area contributed by atoms with Gasteiger partial charge in [0.1, 0.15) is 0 Å². The predicted octanol–water partition coefficient (Wildman–Crippen LogP) is 0.649. The number of hydrogen-bond donors (Lipinski definition) is 2. The Morgan fingerprint density at radius 1 is 1.67 bits per heavy atom. The molecule has 0 heterocycles. The number of aliphatic hydroxyl groups is 1. The number of nitrogens with one attached hydrogen (secondary N) is 1. The average Bonchev–Trinajstić information content (AvgIpc) is 2.52. The van der Waals surface area contributed by atoms with Crippen LogP contribution < -0.4 is 5.32 Å². The molecular weight excluding hydrogens is 152 g/mol. The molecule has 0 amide bonds. The number of nitrogens with zero attached hydrogens (tertiary/aromatic N) is 1. The maximum Gasteiger partial charge on any atom is 0.0656 e. The second kappa shape index (κ2) is 4.44. The molecule has 1 aliphatic carbocycles. The van der Waals surface area contributed by atoms with Crippen LogP contribution in [0.2, 0.25) is 0 Å². The van der Waals surface area contributed by atoms with E-state index in [9.17, 15) is 0 Å². The highest BCUT2D eigenvalue weighted by atomic mass is 16.3. The summed E-state index contributed by atoms with van der Waals surface area (Å²) in [6.45, 7) is 2.13. The number of rotatable bonds is 3. The van der Waals surface area contributed by atoms with E-state index in [-0.39, 0.29) is 18.6 Å². The minimum Gasteiger partial charge on any atom is -0.395 e. The first-order valence-electron chi connectivity index (χ1n) is 4.52. The molecule has 12 heavy (non-hydrogen) atoms. The minimum atomic E-state index is 0.160. The van der Waals surface area contributed by atoms with E-state index < -0.39 is 0 Å².